The van der Waals surface area contributed by atoms with Gasteiger partial charge in [0.25, 0.3) is 0 Å². The van der Waals surface area contributed by atoms with Gasteiger partial charge in [0.05, 0.1) is 0 Å². The van der Waals surface area contributed by atoms with E-state index in [1.54, 1.807) is 25.1 Å². The predicted molar refractivity (Wildman–Crippen MR) is 102 cm³/mol. The van der Waals surface area contributed by atoms with E-state index in [9.17, 15) is 14.4 Å². The number of hydrogen-bond acceptors (Lipinski definition) is 3. The van der Waals surface area contributed by atoms with Crippen molar-refractivity contribution in [2.75, 3.05) is 17.2 Å². The van der Waals surface area contributed by atoms with Crippen LogP contribution in [0.15, 0.2) is 48.5 Å². The average Bonchev–Trinajstić information content (AvgIpc) is 2.62. The first-order chi connectivity index (χ1) is 12.5. The maximum atomic E-state index is 12.1. The van der Waals surface area contributed by atoms with Crippen LogP contribution in [-0.2, 0) is 20.8 Å². The lowest BCUT2D eigenvalue weighted by Gasteiger charge is -2.12. The minimum atomic E-state index is -0.729. The summed E-state index contributed by atoms with van der Waals surface area (Å²) in [7, 11) is 0. The summed E-state index contributed by atoms with van der Waals surface area (Å²) in [5.74, 6) is -1.61. The molecule has 0 radical (unpaired) electrons. The molecule has 6 heteroatoms. The van der Waals surface area contributed by atoms with Crippen molar-refractivity contribution in [1.29, 1.82) is 0 Å². The maximum Gasteiger partial charge on any atom is 0.313 e. The van der Waals surface area contributed by atoms with Crippen LogP contribution in [-0.4, -0.2) is 24.3 Å². The van der Waals surface area contributed by atoms with Gasteiger partial charge >= 0.3 is 11.8 Å². The third kappa shape index (κ3) is 5.73. The molecule has 0 atom stereocenters. The monoisotopic (exact) mass is 353 g/mol. The lowest BCUT2D eigenvalue weighted by atomic mass is 10.1. The van der Waals surface area contributed by atoms with Crippen molar-refractivity contribution in [3.05, 3.63) is 59.7 Å². The summed E-state index contributed by atoms with van der Waals surface area (Å²) in [4.78, 5) is 35.2. The van der Waals surface area contributed by atoms with Gasteiger partial charge in [-0.25, -0.2) is 0 Å². The summed E-state index contributed by atoms with van der Waals surface area (Å²) in [6, 6.07) is 15.1. The van der Waals surface area contributed by atoms with Crippen LogP contribution in [0.25, 0.3) is 0 Å². The van der Waals surface area contributed by atoms with Gasteiger partial charge in [-0.05, 0) is 43.0 Å². The van der Waals surface area contributed by atoms with Crippen LogP contribution in [0.5, 0.6) is 0 Å². The molecule has 0 saturated carbocycles. The van der Waals surface area contributed by atoms with Gasteiger partial charge in [-0.1, -0.05) is 36.4 Å². The number of hydrogen-bond donors (Lipinski definition) is 3. The molecule has 136 valence electrons. The van der Waals surface area contributed by atoms with E-state index >= 15 is 0 Å². The van der Waals surface area contributed by atoms with Crippen LogP contribution in [0.3, 0.4) is 0 Å². The van der Waals surface area contributed by atoms with E-state index in [-0.39, 0.29) is 5.91 Å². The number of amides is 3. The zero-order valence-corrected chi connectivity index (χ0v) is 15.0. The topological polar surface area (TPSA) is 87.3 Å². The van der Waals surface area contributed by atoms with Crippen molar-refractivity contribution in [3.8, 4) is 0 Å². The van der Waals surface area contributed by atoms with E-state index in [1.807, 2.05) is 30.3 Å². The molecule has 0 saturated heterocycles. The fraction of sp³-hybridized carbons (Fsp3) is 0.250. The summed E-state index contributed by atoms with van der Waals surface area (Å²) in [6.07, 6.45) is 1.58. The first-order valence-corrected chi connectivity index (χ1v) is 8.47. The molecule has 0 aliphatic rings. The average molecular weight is 353 g/mol. The van der Waals surface area contributed by atoms with Gasteiger partial charge in [0, 0.05) is 24.8 Å². The molecule has 6 nitrogen and oxygen atoms in total. The lowest BCUT2D eigenvalue weighted by molar-refractivity contribution is -0.136. The molecule has 0 spiro atoms. The van der Waals surface area contributed by atoms with Gasteiger partial charge in [-0.2, -0.15) is 0 Å². The Hall–Kier alpha value is -3.15. The third-order valence-electron chi connectivity index (χ3n) is 3.87. The van der Waals surface area contributed by atoms with Crippen molar-refractivity contribution in [1.82, 2.24) is 5.32 Å². The summed E-state index contributed by atoms with van der Waals surface area (Å²) in [5, 5.41) is 7.88. The van der Waals surface area contributed by atoms with Crippen molar-refractivity contribution in [2.24, 2.45) is 0 Å². The van der Waals surface area contributed by atoms with Gasteiger partial charge < -0.3 is 16.0 Å². The van der Waals surface area contributed by atoms with Crippen LogP contribution in [0.2, 0.25) is 0 Å². The first kappa shape index (κ1) is 19.2. The van der Waals surface area contributed by atoms with Crippen LogP contribution in [0, 0.1) is 6.92 Å². The normalized spacial score (nSPS) is 10.1. The molecule has 0 bridgehead atoms. The number of benzene rings is 2. The summed E-state index contributed by atoms with van der Waals surface area (Å²) < 4.78 is 0. The van der Waals surface area contributed by atoms with Crippen molar-refractivity contribution < 1.29 is 14.4 Å². The van der Waals surface area contributed by atoms with Crippen LogP contribution >= 0.6 is 0 Å². The zero-order chi connectivity index (χ0) is 18.9. The Morgan fingerprint density at radius 3 is 2.15 bits per heavy atom. The molecule has 3 N–H and O–H groups in total. The molecular weight excluding hydrogens is 330 g/mol. The smallest absolute Gasteiger partial charge is 0.313 e. The highest BCUT2D eigenvalue weighted by molar-refractivity contribution is 6.39. The number of carbonyl (C=O) groups excluding carboxylic acids is 3. The van der Waals surface area contributed by atoms with Crippen molar-refractivity contribution in [2.45, 2.75) is 26.7 Å². The first-order valence-electron chi connectivity index (χ1n) is 8.47. The summed E-state index contributed by atoms with van der Waals surface area (Å²) >= 11 is 0. The molecule has 2 aromatic carbocycles. The van der Waals surface area contributed by atoms with E-state index in [2.05, 4.69) is 16.0 Å². The van der Waals surface area contributed by atoms with Crippen molar-refractivity contribution in [3.63, 3.8) is 0 Å². The molecule has 3 amide bonds. The highest BCUT2D eigenvalue weighted by Gasteiger charge is 2.15. The second-order valence-corrected chi connectivity index (χ2v) is 5.96. The fourth-order valence-corrected chi connectivity index (χ4v) is 2.49. The molecule has 0 unspecified atom stereocenters. The fourth-order valence-electron chi connectivity index (χ4n) is 2.49. The number of rotatable bonds is 6. The lowest BCUT2D eigenvalue weighted by Crippen LogP contribution is -2.36. The van der Waals surface area contributed by atoms with E-state index in [0.29, 0.717) is 23.5 Å². The Morgan fingerprint density at radius 1 is 0.846 bits per heavy atom. The summed E-state index contributed by atoms with van der Waals surface area (Å²) in [5.41, 5.74) is 2.96. The van der Waals surface area contributed by atoms with E-state index in [0.717, 1.165) is 12.8 Å². The van der Waals surface area contributed by atoms with E-state index < -0.39 is 11.8 Å². The SMILES string of the molecule is CC(=O)Nc1cccc(NC(=O)C(=O)NCCCc2ccccc2)c1C. The van der Waals surface area contributed by atoms with E-state index in [1.165, 1.54) is 12.5 Å². The van der Waals surface area contributed by atoms with Crippen LogP contribution < -0.4 is 16.0 Å². The Bertz CT molecular complexity index is 788. The largest absolute Gasteiger partial charge is 0.348 e. The summed E-state index contributed by atoms with van der Waals surface area (Å²) in [6.45, 7) is 3.60. The number of nitrogens with one attached hydrogen (secondary N) is 3. The maximum absolute atomic E-state index is 12.1. The standard InChI is InChI=1S/C20H23N3O3/c1-14-17(22-15(2)24)11-6-12-18(14)23-20(26)19(25)21-13-7-10-16-8-4-3-5-9-16/h3-6,8-9,11-12H,7,10,13H2,1-2H3,(H,21,25)(H,22,24)(H,23,26). The van der Waals surface area contributed by atoms with Crippen LogP contribution in [0.4, 0.5) is 11.4 Å². The van der Waals surface area contributed by atoms with Crippen molar-refractivity contribution >= 4 is 29.1 Å². The van der Waals surface area contributed by atoms with Gasteiger partial charge in [-0.15, -0.1) is 0 Å². The second kappa shape index (κ2) is 9.36. The number of anilines is 2. The Labute approximate surface area is 153 Å². The third-order valence-corrected chi connectivity index (χ3v) is 3.87. The molecule has 2 rings (SSSR count). The molecule has 0 aliphatic heterocycles. The quantitative estimate of drug-likeness (QED) is 0.551. The number of carbonyl (C=O) groups is 3. The minimum Gasteiger partial charge on any atom is -0.348 e. The van der Waals surface area contributed by atoms with Crippen LogP contribution in [0.1, 0.15) is 24.5 Å². The molecule has 0 fully saturated rings. The van der Waals surface area contributed by atoms with E-state index in [4.69, 9.17) is 0 Å². The highest BCUT2D eigenvalue weighted by Crippen LogP contribution is 2.23. The molecule has 2 aromatic rings. The Balaban J connectivity index is 1.83. The van der Waals surface area contributed by atoms with Gasteiger partial charge in [0.15, 0.2) is 0 Å². The van der Waals surface area contributed by atoms with Gasteiger partial charge in [-0.3, -0.25) is 14.4 Å². The Morgan fingerprint density at radius 2 is 1.50 bits per heavy atom. The Kier molecular flexibility index (Phi) is 6.91. The molecule has 0 aromatic heterocycles. The zero-order valence-electron chi connectivity index (χ0n) is 15.0. The molecule has 26 heavy (non-hydrogen) atoms. The predicted octanol–water partition coefficient (Wildman–Crippen LogP) is 2.64. The molecule has 0 aliphatic carbocycles. The minimum absolute atomic E-state index is 0.201. The second-order valence-electron chi connectivity index (χ2n) is 5.96. The molecular formula is C20H23N3O3. The van der Waals surface area contributed by atoms with Gasteiger partial charge in [0.2, 0.25) is 5.91 Å². The molecule has 0 heterocycles. The van der Waals surface area contributed by atoms with Gasteiger partial charge in [0.1, 0.15) is 0 Å². The highest BCUT2D eigenvalue weighted by atomic mass is 16.2. The number of aryl methyl sites for hydroxylation is 1.